The van der Waals surface area contributed by atoms with Gasteiger partial charge in [0, 0.05) is 22.2 Å². The first kappa shape index (κ1) is 22.0. The van der Waals surface area contributed by atoms with Crippen molar-refractivity contribution in [2.45, 2.75) is 37.7 Å². The molecule has 5 nitrogen and oxygen atoms in total. The zero-order chi connectivity index (χ0) is 24.3. The summed E-state index contributed by atoms with van der Waals surface area (Å²) in [6, 6.07) is 8.47. The fourth-order valence-electron chi connectivity index (χ4n) is 4.03. The van der Waals surface area contributed by atoms with E-state index in [1.165, 1.54) is 24.3 Å². The van der Waals surface area contributed by atoms with Crippen LogP contribution >= 0.6 is 0 Å². The van der Waals surface area contributed by atoms with Crippen LogP contribution in [-0.2, 0) is 18.9 Å². The summed E-state index contributed by atoms with van der Waals surface area (Å²) < 4.78 is 87.6. The second-order valence-corrected chi connectivity index (χ2v) is 8.01. The van der Waals surface area contributed by atoms with Crippen LogP contribution in [0.4, 0.5) is 32.0 Å². The molecule has 0 aliphatic heterocycles. The fraction of sp³-hybridized carbons (Fsp3) is 0.261. The lowest BCUT2D eigenvalue weighted by atomic mass is 10.1. The quantitative estimate of drug-likeness (QED) is 0.231. The van der Waals surface area contributed by atoms with Crippen LogP contribution in [0.2, 0.25) is 0 Å². The van der Waals surface area contributed by atoms with E-state index in [1.54, 1.807) is 4.57 Å². The van der Waals surface area contributed by atoms with Crippen molar-refractivity contribution in [2.75, 3.05) is 0 Å². The molecule has 1 fully saturated rings. The number of benzene rings is 2. The van der Waals surface area contributed by atoms with Crippen LogP contribution in [0.1, 0.15) is 41.5 Å². The molecular formula is C23H14F6N4O. The average molecular weight is 476 g/mol. The summed E-state index contributed by atoms with van der Waals surface area (Å²) in [4.78, 5) is 3.03. The molecule has 2 aromatic carbocycles. The third-order valence-corrected chi connectivity index (χ3v) is 5.69. The number of rotatable bonds is 4. The SMILES string of the molecule is [C-]#[N+]c1ccc2c(cc(C3CC3)n2Cc2nnc(-c3cccc(C(F)(F)F)c3)o2)c1C(F)(F)F. The van der Waals surface area contributed by atoms with Crippen molar-refractivity contribution in [3.05, 3.63) is 76.6 Å². The summed E-state index contributed by atoms with van der Waals surface area (Å²) in [6.45, 7) is 7.07. The van der Waals surface area contributed by atoms with Gasteiger partial charge >= 0.3 is 12.4 Å². The van der Waals surface area contributed by atoms with E-state index in [-0.39, 0.29) is 40.7 Å². The third kappa shape index (κ3) is 3.89. The van der Waals surface area contributed by atoms with Gasteiger partial charge in [-0.1, -0.05) is 12.1 Å². The normalized spacial score (nSPS) is 14.5. The van der Waals surface area contributed by atoms with Gasteiger partial charge in [0.25, 0.3) is 0 Å². The Balaban J connectivity index is 1.56. The zero-order valence-electron chi connectivity index (χ0n) is 17.2. The predicted molar refractivity (Wildman–Crippen MR) is 109 cm³/mol. The summed E-state index contributed by atoms with van der Waals surface area (Å²) in [5, 5.41) is 7.65. The number of halogens is 6. The summed E-state index contributed by atoms with van der Waals surface area (Å²) in [5.74, 6) is -0.0258. The van der Waals surface area contributed by atoms with E-state index in [0.29, 0.717) is 5.69 Å². The molecule has 0 N–H and O–H groups in total. The molecule has 174 valence electrons. The molecule has 11 heteroatoms. The predicted octanol–water partition coefficient (Wildman–Crippen LogP) is 7.21. The van der Waals surface area contributed by atoms with Gasteiger partial charge in [0.05, 0.1) is 17.7 Å². The Morgan fingerprint density at radius 1 is 1.00 bits per heavy atom. The van der Waals surface area contributed by atoms with Gasteiger partial charge < -0.3 is 8.98 Å². The van der Waals surface area contributed by atoms with Gasteiger partial charge in [-0.15, -0.1) is 10.2 Å². The lowest BCUT2D eigenvalue weighted by Crippen LogP contribution is -2.07. The highest BCUT2D eigenvalue weighted by atomic mass is 19.4. The number of hydrogen-bond donors (Lipinski definition) is 0. The third-order valence-electron chi connectivity index (χ3n) is 5.69. The van der Waals surface area contributed by atoms with Crippen LogP contribution < -0.4 is 0 Å². The largest absolute Gasteiger partial charge is 0.419 e. The van der Waals surface area contributed by atoms with Gasteiger partial charge in [0.1, 0.15) is 6.54 Å². The summed E-state index contributed by atoms with van der Waals surface area (Å²) in [6.07, 6.45) is -7.63. The second kappa shape index (κ2) is 7.62. The van der Waals surface area contributed by atoms with Crippen LogP contribution in [0.25, 0.3) is 27.2 Å². The number of hydrogen-bond acceptors (Lipinski definition) is 3. The van der Waals surface area contributed by atoms with Crippen molar-refractivity contribution in [3.63, 3.8) is 0 Å². The molecule has 0 bridgehead atoms. The van der Waals surface area contributed by atoms with Crippen molar-refractivity contribution < 1.29 is 30.8 Å². The summed E-state index contributed by atoms with van der Waals surface area (Å²) in [7, 11) is 0. The Kier molecular flexibility index (Phi) is 4.93. The van der Waals surface area contributed by atoms with Crippen molar-refractivity contribution in [1.82, 2.24) is 14.8 Å². The Morgan fingerprint density at radius 3 is 2.41 bits per heavy atom. The molecule has 2 heterocycles. The maximum absolute atomic E-state index is 13.8. The van der Waals surface area contributed by atoms with Gasteiger partial charge in [0.15, 0.2) is 5.69 Å². The molecule has 0 radical (unpaired) electrons. The molecule has 1 saturated carbocycles. The maximum atomic E-state index is 13.8. The van der Waals surface area contributed by atoms with Crippen molar-refractivity contribution in [2.24, 2.45) is 0 Å². The molecule has 5 rings (SSSR count). The van der Waals surface area contributed by atoms with Crippen LogP contribution in [0, 0.1) is 6.57 Å². The molecule has 2 aromatic heterocycles. The van der Waals surface area contributed by atoms with Gasteiger partial charge in [-0.05, 0) is 49.1 Å². The van der Waals surface area contributed by atoms with Crippen molar-refractivity contribution in [1.29, 1.82) is 0 Å². The molecule has 34 heavy (non-hydrogen) atoms. The second-order valence-electron chi connectivity index (χ2n) is 8.01. The molecule has 0 atom stereocenters. The number of fused-ring (bicyclic) bond motifs is 1. The minimum atomic E-state index is -4.71. The van der Waals surface area contributed by atoms with Crippen LogP contribution in [0.3, 0.4) is 0 Å². The van der Waals surface area contributed by atoms with E-state index < -0.39 is 29.2 Å². The molecule has 4 aromatic rings. The minimum Gasteiger partial charge on any atom is -0.419 e. The topological polar surface area (TPSA) is 48.2 Å². The number of nitrogens with zero attached hydrogens (tertiary/aromatic N) is 4. The van der Waals surface area contributed by atoms with Gasteiger partial charge in [-0.25, -0.2) is 4.85 Å². The first-order chi connectivity index (χ1) is 16.1. The van der Waals surface area contributed by atoms with Gasteiger partial charge in [-0.2, -0.15) is 26.3 Å². The first-order valence-corrected chi connectivity index (χ1v) is 10.2. The van der Waals surface area contributed by atoms with E-state index in [1.807, 2.05) is 0 Å². The summed E-state index contributed by atoms with van der Waals surface area (Å²) >= 11 is 0. The molecule has 1 aliphatic carbocycles. The maximum Gasteiger partial charge on any atom is 0.416 e. The van der Waals surface area contributed by atoms with E-state index in [4.69, 9.17) is 11.0 Å². The Hall–Kier alpha value is -3.81. The highest BCUT2D eigenvalue weighted by Gasteiger charge is 2.38. The van der Waals surface area contributed by atoms with E-state index in [0.717, 1.165) is 31.0 Å². The fourth-order valence-corrected chi connectivity index (χ4v) is 4.03. The van der Waals surface area contributed by atoms with E-state index >= 15 is 0 Å². The minimum absolute atomic E-state index is 0.0367. The first-order valence-electron chi connectivity index (χ1n) is 10.2. The average Bonchev–Trinajstić information content (AvgIpc) is 3.41. The highest BCUT2D eigenvalue weighted by molar-refractivity contribution is 5.90. The molecule has 0 saturated heterocycles. The molecule has 1 aliphatic rings. The highest BCUT2D eigenvalue weighted by Crippen LogP contribution is 2.47. The summed E-state index contributed by atoms with van der Waals surface area (Å²) in [5.41, 5.74) is -1.34. The van der Waals surface area contributed by atoms with Crippen LogP contribution in [0.5, 0.6) is 0 Å². The molecule has 0 unspecified atom stereocenters. The standard InChI is InChI=1S/C23H14F6N4O/c1-30-16-7-8-17-15(20(16)23(27,28)29)10-18(12-5-6-12)33(17)11-19-31-32-21(34-19)13-3-2-4-14(9-13)22(24,25)26/h2-4,7-10,12H,5-6,11H2. The number of aromatic nitrogens is 3. The van der Waals surface area contributed by atoms with E-state index in [2.05, 4.69) is 15.0 Å². The molecule has 0 amide bonds. The smallest absolute Gasteiger partial charge is 0.416 e. The Labute approximate surface area is 188 Å². The van der Waals surface area contributed by atoms with Crippen LogP contribution in [0.15, 0.2) is 46.9 Å². The lowest BCUT2D eigenvalue weighted by Gasteiger charge is -2.12. The molecular weight excluding hydrogens is 462 g/mol. The van der Waals surface area contributed by atoms with Crippen molar-refractivity contribution in [3.8, 4) is 11.5 Å². The van der Waals surface area contributed by atoms with Crippen molar-refractivity contribution >= 4 is 16.6 Å². The van der Waals surface area contributed by atoms with Crippen LogP contribution in [-0.4, -0.2) is 14.8 Å². The zero-order valence-corrected chi connectivity index (χ0v) is 17.2. The monoisotopic (exact) mass is 476 g/mol. The lowest BCUT2D eigenvalue weighted by molar-refractivity contribution is -0.137. The molecule has 0 spiro atoms. The Morgan fingerprint density at radius 2 is 1.76 bits per heavy atom. The Bertz CT molecular complexity index is 1440. The van der Waals surface area contributed by atoms with Gasteiger partial charge in [0.2, 0.25) is 11.8 Å². The van der Waals surface area contributed by atoms with Gasteiger partial charge in [-0.3, -0.25) is 0 Å². The van der Waals surface area contributed by atoms with E-state index in [9.17, 15) is 26.3 Å². The number of alkyl halides is 6.